The Morgan fingerprint density at radius 2 is 0.676 bits per heavy atom. The van der Waals surface area contributed by atoms with Crippen molar-refractivity contribution < 1.29 is 0 Å². The number of benzene rings is 6. The largest absolute Gasteiger partial charge is 0.378 e. The first-order valence-electron chi connectivity index (χ1n) is 26.5. The molecule has 0 saturated heterocycles. The molecule has 0 aliphatic heterocycles. The molecule has 6 nitrogen and oxygen atoms in total. The zero-order valence-electron chi connectivity index (χ0n) is 43.1. The van der Waals surface area contributed by atoms with Crippen LogP contribution < -0.4 is 9.80 Å². The molecule has 1 aliphatic carbocycles. The van der Waals surface area contributed by atoms with Crippen molar-refractivity contribution in [3.63, 3.8) is 0 Å². The van der Waals surface area contributed by atoms with E-state index in [1.165, 1.54) is 99.3 Å². The van der Waals surface area contributed by atoms with E-state index in [1.807, 2.05) is 0 Å². The van der Waals surface area contributed by atoms with Crippen LogP contribution in [0.2, 0.25) is 0 Å². The van der Waals surface area contributed by atoms with Crippen molar-refractivity contribution in [3.05, 3.63) is 169 Å². The Morgan fingerprint density at radius 3 is 1.04 bits per heavy atom. The van der Waals surface area contributed by atoms with Crippen molar-refractivity contribution in [1.29, 1.82) is 0 Å². The van der Waals surface area contributed by atoms with E-state index >= 15 is 0 Å². The molecule has 9 rings (SSSR count). The lowest BCUT2D eigenvalue weighted by Crippen LogP contribution is -2.25. The lowest BCUT2D eigenvalue weighted by Gasteiger charge is -2.33. The molecule has 71 heavy (non-hydrogen) atoms. The zero-order chi connectivity index (χ0) is 49.2. The second-order valence-electron chi connectivity index (χ2n) is 20.2. The van der Waals surface area contributed by atoms with E-state index in [1.54, 1.807) is 0 Å². The van der Waals surface area contributed by atoms with E-state index < -0.39 is 0 Å². The number of hydrogen-bond donors (Lipinski definition) is 0. The summed E-state index contributed by atoms with van der Waals surface area (Å²) in [5, 5.41) is 0. The van der Waals surface area contributed by atoms with Gasteiger partial charge in [0.2, 0.25) is 0 Å². The molecule has 6 aromatic carbocycles. The molecule has 0 atom stereocenters. The average molecular weight is 937 g/mol. The number of rotatable bonds is 22. The summed E-state index contributed by atoms with van der Waals surface area (Å²) in [5.74, 6) is 1.47. The van der Waals surface area contributed by atoms with Crippen LogP contribution in [0.4, 0.5) is 11.4 Å². The third-order valence-electron chi connectivity index (χ3n) is 14.7. The highest BCUT2D eigenvalue weighted by Crippen LogP contribution is 2.56. The van der Waals surface area contributed by atoms with E-state index in [4.69, 9.17) is 19.9 Å². The molecule has 0 amide bonds. The Morgan fingerprint density at radius 1 is 0.338 bits per heavy atom. The Bertz CT molecular complexity index is 2790. The van der Waals surface area contributed by atoms with Crippen LogP contribution in [0.1, 0.15) is 115 Å². The summed E-state index contributed by atoms with van der Waals surface area (Å²) in [6.45, 7) is 4.62. The standard InChI is InChI=1S/C65H72N6/c1-7-9-11-13-15-23-41-65(42-24-16-14-12-10-8-2)57-43-51(61-45-59(47-29-35-53(36-30-47)70(3)4)66-63(68-61)49-25-19-17-20-26-49)33-39-55(57)56-40-34-52(44-58(56)65)62-46-60(48-31-37-54(38-32-48)71(5)6)67-64(69-62)50-27-21-18-22-28-50/h17-22,25-40,43-46H,7-16,23-24,41-42H2,1-6H3. The lowest BCUT2D eigenvalue weighted by atomic mass is 9.70. The fraction of sp³-hybridized carbons (Fsp3) is 0.323. The molecule has 0 unspecified atom stereocenters. The monoisotopic (exact) mass is 937 g/mol. The van der Waals surface area contributed by atoms with Gasteiger partial charge < -0.3 is 9.80 Å². The second kappa shape index (κ2) is 22.9. The van der Waals surface area contributed by atoms with Crippen molar-refractivity contribution in [1.82, 2.24) is 19.9 Å². The Balaban J connectivity index is 1.19. The van der Waals surface area contributed by atoms with Gasteiger partial charge in [-0.05, 0) is 83.6 Å². The first-order chi connectivity index (χ1) is 34.7. The fourth-order valence-corrected chi connectivity index (χ4v) is 10.7. The molecule has 6 heteroatoms. The molecule has 0 bridgehead atoms. The topological polar surface area (TPSA) is 58.0 Å². The van der Waals surface area contributed by atoms with Gasteiger partial charge in [-0.15, -0.1) is 0 Å². The van der Waals surface area contributed by atoms with Crippen molar-refractivity contribution in [2.24, 2.45) is 0 Å². The first-order valence-corrected chi connectivity index (χ1v) is 26.5. The third kappa shape index (κ3) is 11.2. The molecule has 0 spiro atoms. The van der Waals surface area contributed by atoms with E-state index in [9.17, 15) is 0 Å². The molecule has 8 aromatic rings. The number of aromatic nitrogens is 4. The predicted molar refractivity (Wildman–Crippen MR) is 301 cm³/mol. The predicted octanol–water partition coefficient (Wildman–Crippen LogP) is 17.2. The van der Waals surface area contributed by atoms with Crippen LogP contribution in [0.15, 0.2) is 158 Å². The summed E-state index contributed by atoms with van der Waals surface area (Å²) >= 11 is 0. The molecule has 2 aromatic heterocycles. The van der Waals surface area contributed by atoms with Crippen LogP contribution in [-0.4, -0.2) is 48.1 Å². The maximum absolute atomic E-state index is 5.37. The van der Waals surface area contributed by atoms with E-state index in [0.717, 1.165) is 92.0 Å². The zero-order valence-corrected chi connectivity index (χ0v) is 43.1. The molecule has 0 N–H and O–H groups in total. The molecular weight excluding hydrogens is 865 g/mol. The number of unbranched alkanes of at least 4 members (excludes halogenated alkanes) is 10. The number of nitrogens with zero attached hydrogens (tertiary/aromatic N) is 6. The van der Waals surface area contributed by atoms with Crippen LogP contribution in [0.25, 0.3) is 78.9 Å². The molecule has 0 fully saturated rings. The SMILES string of the molecule is CCCCCCCCC1(CCCCCCCC)c2cc(-c3cc(-c4ccc(N(C)C)cc4)nc(-c4ccccc4)n3)ccc2-c2ccc(-c3cc(-c4ccc(N(C)C)cc4)nc(-c4ccccc4)n3)cc21. The van der Waals surface area contributed by atoms with Crippen LogP contribution in [-0.2, 0) is 5.41 Å². The Kier molecular flexibility index (Phi) is 15.8. The summed E-state index contributed by atoms with van der Waals surface area (Å²) < 4.78 is 0. The lowest BCUT2D eigenvalue weighted by molar-refractivity contribution is 0.398. The summed E-state index contributed by atoms with van der Waals surface area (Å²) in [6, 6.07) is 57.2. The molecule has 362 valence electrons. The van der Waals surface area contributed by atoms with Crippen molar-refractivity contribution in [2.45, 2.75) is 109 Å². The Labute approximate surface area is 424 Å². The summed E-state index contributed by atoms with van der Waals surface area (Å²) in [6.07, 6.45) is 17.3. The molecular formula is C65H72N6. The van der Waals surface area contributed by atoms with Gasteiger partial charge in [0.05, 0.1) is 22.8 Å². The van der Waals surface area contributed by atoms with Gasteiger partial charge in [0, 0.05) is 78.4 Å². The van der Waals surface area contributed by atoms with E-state index in [-0.39, 0.29) is 5.41 Å². The molecule has 0 radical (unpaired) electrons. The highest BCUT2D eigenvalue weighted by molar-refractivity contribution is 5.87. The van der Waals surface area contributed by atoms with E-state index in [0.29, 0.717) is 0 Å². The Hall–Kier alpha value is -6.92. The maximum Gasteiger partial charge on any atom is 0.160 e. The van der Waals surface area contributed by atoms with Gasteiger partial charge in [-0.2, -0.15) is 0 Å². The highest BCUT2D eigenvalue weighted by Gasteiger charge is 2.43. The van der Waals surface area contributed by atoms with Gasteiger partial charge in [0.15, 0.2) is 11.6 Å². The van der Waals surface area contributed by atoms with Crippen LogP contribution in [0.5, 0.6) is 0 Å². The third-order valence-corrected chi connectivity index (χ3v) is 14.7. The average Bonchev–Trinajstić information content (AvgIpc) is 3.68. The van der Waals surface area contributed by atoms with Crippen molar-refractivity contribution in [2.75, 3.05) is 38.0 Å². The number of fused-ring (bicyclic) bond motifs is 3. The van der Waals surface area contributed by atoms with Gasteiger partial charge in [0.25, 0.3) is 0 Å². The van der Waals surface area contributed by atoms with Crippen LogP contribution in [0, 0.1) is 0 Å². The highest BCUT2D eigenvalue weighted by atomic mass is 15.1. The van der Waals surface area contributed by atoms with Gasteiger partial charge in [-0.25, -0.2) is 19.9 Å². The smallest absolute Gasteiger partial charge is 0.160 e. The van der Waals surface area contributed by atoms with Gasteiger partial charge >= 0.3 is 0 Å². The number of anilines is 2. The molecule has 1 aliphatic rings. The maximum atomic E-state index is 5.37. The van der Waals surface area contributed by atoms with Crippen LogP contribution in [0.3, 0.4) is 0 Å². The van der Waals surface area contributed by atoms with Crippen molar-refractivity contribution in [3.8, 4) is 78.9 Å². The van der Waals surface area contributed by atoms with Crippen molar-refractivity contribution >= 4 is 11.4 Å². The fourth-order valence-electron chi connectivity index (χ4n) is 10.7. The summed E-state index contributed by atoms with van der Waals surface area (Å²) in [7, 11) is 8.32. The van der Waals surface area contributed by atoms with Gasteiger partial charge in [0.1, 0.15) is 0 Å². The van der Waals surface area contributed by atoms with Gasteiger partial charge in [-0.1, -0.05) is 200 Å². The quantitative estimate of drug-likeness (QED) is 0.0631. The summed E-state index contributed by atoms with van der Waals surface area (Å²) in [4.78, 5) is 25.4. The number of hydrogen-bond acceptors (Lipinski definition) is 6. The molecule has 2 heterocycles. The molecule has 0 saturated carbocycles. The first kappa shape index (κ1) is 49.1. The minimum Gasteiger partial charge on any atom is -0.378 e. The normalized spacial score (nSPS) is 12.4. The van der Waals surface area contributed by atoms with Crippen LogP contribution >= 0.6 is 0 Å². The van der Waals surface area contributed by atoms with Gasteiger partial charge in [-0.3, -0.25) is 0 Å². The summed E-state index contributed by atoms with van der Waals surface area (Å²) in [5.41, 5.74) is 17.9. The van der Waals surface area contributed by atoms with E-state index in [2.05, 4.69) is 210 Å². The second-order valence-corrected chi connectivity index (χ2v) is 20.2. The minimum atomic E-state index is -0.174. The minimum absolute atomic E-state index is 0.174.